The highest BCUT2D eigenvalue weighted by Crippen LogP contribution is 2.18. The molecule has 0 aromatic carbocycles. The zero-order valence-electron chi connectivity index (χ0n) is 13.2. The van der Waals surface area contributed by atoms with Crippen LogP contribution in [0.5, 0.6) is 0 Å². The lowest BCUT2D eigenvalue weighted by Gasteiger charge is -2.32. The summed E-state index contributed by atoms with van der Waals surface area (Å²) in [6.07, 6.45) is 4.60. The lowest BCUT2D eigenvalue weighted by molar-refractivity contribution is 0.219. The van der Waals surface area contributed by atoms with Crippen molar-refractivity contribution < 1.29 is 0 Å². The van der Waals surface area contributed by atoms with Crippen LogP contribution in [-0.4, -0.2) is 47.1 Å². The SMILES string of the molecule is CCCNc1cc(NC2CCN(CCC)CC2)nc(N)n1. The Labute approximate surface area is 127 Å². The molecule has 2 rings (SSSR count). The van der Waals surface area contributed by atoms with E-state index in [4.69, 9.17) is 5.73 Å². The number of nitrogen functional groups attached to an aromatic ring is 1. The van der Waals surface area contributed by atoms with Gasteiger partial charge in [-0.2, -0.15) is 9.97 Å². The summed E-state index contributed by atoms with van der Waals surface area (Å²) in [6, 6.07) is 2.43. The number of hydrogen-bond acceptors (Lipinski definition) is 6. The predicted octanol–water partition coefficient (Wildman–Crippen LogP) is 2.17. The Kier molecular flexibility index (Phi) is 6.04. The first-order chi connectivity index (χ1) is 10.2. The molecule has 6 heteroatoms. The summed E-state index contributed by atoms with van der Waals surface area (Å²) in [4.78, 5) is 11.0. The summed E-state index contributed by atoms with van der Waals surface area (Å²) in [6.45, 7) is 8.78. The van der Waals surface area contributed by atoms with Gasteiger partial charge in [0, 0.05) is 31.7 Å². The van der Waals surface area contributed by atoms with Gasteiger partial charge in [-0.15, -0.1) is 0 Å². The lowest BCUT2D eigenvalue weighted by Crippen LogP contribution is -2.39. The summed E-state index contributed by atoms with van der Waals surface area (Å²) in [5.74, 6) is 1.95. The number of anilines is 3. The van der Waals surface area contributed by atoms with Gasteiger partial charge < -0.3 is 21.3 Å². The molecule has 1 aromatic rings. The second-order valence-corrected chi connectivity index (χ2v) is 5.68. The van der Waals surface area contributed by atoms with E-state index in [0.29, 0.717) is 12.0 Å². The molecule has 0 aliphatic carbocycles. The van der Waals surface area contributed by atoms with Crippen molar-refractivity contribution in [2.24, 2.45) is 0 Å². The van der Waals surface area contributed by atoms with Crippen LogP contribution < -0.4 is 16.4 Å². The molecule has 4 N–H and O–H groups in total. The van der Waals surface area contributed by atoms with Crippen LogP contribution in [0.25, 0.3) is 0 Å². The van der Waals surface area contributed by atoms with Crippen molar-refractivity contribution in [3.05, 3.63) is 6.07 Å². The summed E-state index contributed by atoms with van der Waals surface area (Å²) in [5, 5.41) is 6.76. The molecule has 21 heavy (non-hydrogen) atoms. The number of nitrogens with zero attached hydrogens (tertiary/aromatic N) is 3. The Bertz CT molecular complexity index is 428. The van der Waals surface area contributed by atoms with E-state index in [1.165, 1.54) is 13.0 Å². The number of rotatable bonds is 7. The molecule has 1 aromatic heterocycles. The summed E-state index contributed by atoms with van der Waals surface area (Å²) < 4.78 is 0. The number of nitrogens with one attached hydrogen (secondary N) is 2. The quantitative estimate of drug-likeness (QED) is 0.715. The van der Waals surface area contributed by atoms with E-state index in [1.54, 1.807) is 0 Å². The fourth-order valence-electron chi connectivity index (χ4n) is 2.71. The Morgan fingerprint density at radius 2 is 1.90 bits per heavy atom. The second-order valence-electron chi connectivity index (χ2n) is 5.68. The molecule has 0 saturated carbocycles. The van der Waals surface area contributed by atoms with Gasteiger partial charge >= 0.3 is 0 Å². The molecule has 0 bridgehead atoms. The topological polar surface area (TPSA) is 79.1 Å². The normalized spacial score (nSPS) is 16.9. The average molecular weight is 292 g/mol. The van der Waals surface area contributed by atoms with E-state index in [0.717, 1.165) is 50.5 Å². The molecule has 118 valence electrons. The van der Waals surface area contributed by atoms with Crippen molar-refractivity contribution in [1.82, 2.24) is 14.9 Å². The van der Waals surface area contributed by atoms with Gasteiger partial charge in [0.05, 0.1) is 0 Å². The summed E-state index contributed by atoms with van der Waals surface area (Å²) >= 11 is 0. The maximum atomic E-state index is 5.79. The van der Waals surface area contributed by atoms with Crippen LogP contribution in [0.15, 0.2) is 6.07 Å². The van der Waals surface area contributed by atoms with Crippen LogP contribution in [-0.2, 0) is 0 Å². The molecular formula is C15H28N6. The molecule has 0 unspecified atom stereocenters. The lowest BCUT2D eigenvalue weighted by atomic mass is 10.0. The number of likely N-dealkylation sites (tertiary alicyclic amines) is 1. The standard InChI is InChI=1S/C15H28N6/c1-3-7-17-13-11-14(20-15(16)19-13)18-12-5-9-21(8-4-2)10-6-12/h11-12H,3-10H2,1-2H3,(H4,16,17,18,19,20). The van der Waals surface area contributed by atoms with Crippen LogP contribution in [0.1, 0.15) is 39.5 Å². The summed E-state index contributed by atoms with van der Waals surface area (Å²) in [5.41, 5.74) is 5.79. The van der Waals surface area contributed by atoms with Gasteiger partial charge in [-0.25, -0.2) is 0 Å². The van der Waals surface area contributed by atoms with Crippen molar-refractivity contribution in [2.45, 2.75) is 45.6 Å². The van der Waals surface area contributed by atoms with E-state index in [-0.39, 0.29) is 0 Å². The molecule has 0 spiro atoms. The minimum Gasteiger partial charge on any atom is -0.370 e. The van der Waals surface area contributed by atoms with Gasteiger partial charge in [-0.3, -0.25) is 0 Å². The predicted molar refractivity (Wildman–Crippen MR) is 88.6 cm³/mol. The van der Waals surface area contributed by atoms with E-state index in [1.807, 2.05) is 6.07 Å². The smallest absolute Gasteiger partial charge is 0.223 e. The minimum atomic E-state index is 0.321. The van der Waals surface area contributed by atoms with Crippen molar-refractivity contribution in [3.8, 4) is 0 Å². The highest BCUT2D eigenvalue weighted by molar-refractivity contribution is 5.51. The van der Waals surface area contributed by atoms with Crippen LogP contribution in [0.3, 0.4) is 0 Å². The zero-order valence-corrected chi connectivity index (χ0v) is 13.2. The molecular weight excluding hydrogens is 264 g/mol. The number of aromatic nitrogens is 2. The highest BCUT2D eigenvalue weighted by atomic mass is 15.2. The van der Waals surface area contributed by atoms with Crippen LogP contribution >= 0.6 is 0 Å². The fourth-order valence-corrected chi connectivity index (χ4v) is 2.71. The van der Waals surface area contributed by atoms with Crippen molar-refractivity contribution in [2.75, 3.05) is 42.5 Å². The molecule has 1 aliphatic heterocycles. The van der Waals surface area contributed by atoms with E-state index >= 15 is 0 Å². The molecule has 6 nitrogen and oxygen atoms in total. The third-order valence-corrected chi connectivity index (χ3v) is 3.78. The Balaban J connectivity index is 1.89. The monoisotopic (exact) mass is 292 g/mol. The van der Waals surface area contributed by atoms with Crippen LogP contribution in [0.2, 0.25) is 0 Å². The highest BCUT2D eigenvalue weighted by Gasteiger charge is 2.18. The summed E-state index contributed by atoms with van der Waals surface area (Å²) in [7, 11) is 0. The number of nitrogens with two attached hydrogens (primary N) is 1. The van der Waals surface area contributed by atoms with Gasteiger partial charge in [0.15, 0.2) is 0 Å². The Morgan fingerprint density at radius 1 is 1.19 bits per heavy atom. The third kappa shape index (κ3) is 5.04. The maximum Gasteiger partial charge on any atom is 0.223 e. The fraction of sp³-hybridized carbons (Fsp3) is 0.733. The van der Waals surface area contributed by atoms with Gasteiger partial charge in [0.25, 0.3) is 0 Å². The molecule has 1 saturated heterocycles. The second kappa shape index (κ2) is 8.02. The molecule has 1 aliphatic rings. The molecule has 0 atom stereocenters. The van der Waals surface area contributed by atoms with E-state index in [2.05, 4.69) is 39.3 Å². The Hall–Kier alpha value is -1.56. The third-order valence-electron chi connectivity index (χ3n) is 3.78. The number of hydrogen-bond donors (Lipinski definition) is 3. The van der Waals surface area contributed by atoms with Crippen LogP contribution in [0, 0.1) is 0 Å². The maximum absolute atomic E-state index is 5.79. The first kappa shape index (κ1) is 15.8. The van der Waals surface area contributed by atoms with E-state index < -0.39 is 0 Å². The molecule has 0 radical (unpaired) electrons. The first-order valence-electron chi connectivity index (χ1n) is 8.08. The first-order valence-corrected chi connectivity index (χ1v) is 8.08. The average Bonchev–Trinajstić information content (AvgIpc) is 2.47. The van der Waals surface area contributed by atoms with Crippen molar-refractivity contribution in [3.63, 3.8) is 0 Å². The van der Waals surface area contributed by atoms with Gasteiger partial charge in [-0.05, 0) is 32.2 Å². The van der Waals surface area contributed by atoms with Gasteiger partial charge in [0.2, 0.25) is 5.95 Å². The Morgan fingerprint density at radius 3 is 2.57 bits per heavy atom. The van der Waals surface area contributed by atoms with E-state index in [9.17, 15) is 0 Å². The van der Waals surface area contributed by atoms with Crippen molar-refractivity contribution in [1.29, 1.82) is 0 Å². The molecule has 0 amide bonds. The van der Waals surface area contributed by atoms with Gasteiger partial charge in [0.1, 0.15) is 11.6 Å². The number of piperidine rings is 1. The van der Waals surface area contributed by atoms with Crippen molar-refractivity contribution >= 4 is 17.6 Å². The zero-order chi connectivity index (χ0) is 15.1. The largest absolute Gasteiger partial charge is 0.370 e. The van der Waals surface area contributed by atoms with Gasteiger partial charge in [-0.1, -0.05) is 13.8 Å². The minimum absolute atomic E-state index is 0.321. The molecule has 2 heterocycles. The van der Waals surface area contributed by atoms with Crippen LogP contribution in [0.4, 0.5) is 17.6 Å². The molecule has 1 fully saturated rings.